The van der Waals surface area contributed by atoms with E-state index in [1.54, 1.807) is 24.3 Å². The highest BCUT2D eigenvalue weighted by Gasteiger charge is 2.17. The summed E-state index contributed by atoms with van der Waals surface area (Å²) < 4.78 is 4.65. The second-order valence-electron chi connectivity index (χ2n) is 6.47. The zero-order chi connectivity index (χ0) is 20.0. The van der Waals surface area contributed by atoms with E-state index >= 15 is 0 Å². The van der Waals surface area contributed by atoms with Crippen LogP contribution in [-0.4, -0.2) is 31.4 Å². The number of carbonyl (C=O) groups is 3. The molecule has 0 aliphatic rings. The second kappa shape index (κ2) is 8.98. The first-order valence-corrected chi connectivity index (χ1v) is 8.68. The molecule has 2 aromatic rings. The lowest BCUT2D eigenvalue weighted by atomic mass is 10.0. The van der Waals surface area contributed by atoms with Crippen molar-refractivity contribution >= 4 is 29.2 Å². The Hall–Kier alpha value is -3.15. The highest BCUT2D eigenvalue weighted by molar-refractivity contribution is 6.02. The van der Waals surface area contributed by atoms with Gasteiger partial charge in [-0.2, -0.15) is 0 Å². The summed E-state index contributed by atoms with van der Waals surface area (Å²) in [6.07, 6.45) is 0. The number of hydrogen-bond acceptors (Lipinski definition) is 4. The zero-order valence-corrected chi connectivity index (χ0v) is 16.0. The first-order valence-electron chi connectivity index (χ1n) is 8.68. The van der Waals surface area contributed by atoms with Gasteiger partial charge in [-0.3, -0.25) is 9.59 Å². The van der Waals surface area contributed by atoms with E-state index in [4.69, 9.17) is 0 Å². The molecule has 6 heteroatoms. The monoisotopic (exact) mass is 368 g/mol. The molecular formula is C21H24N2O4. The Balaban J connectivity index is 2.07. The molecule has 2 rings (SSSR count). The van der Waals surface area contributed by atoms with Crippen LogP contribution in [0.3, 0.4) is 0 Å². The van der Waals surface area contributed by atoms with Crippen LogP contribution >= 0.6 is 0 Å². The summed E-state index contributed by atoms with van der Waals surface area (Å²) >= 11 is 0. The molecule has 0 radical (unpaired) electrons. The minimum absolute atomic E-state index is 0.126. The van der Waals surface area contributed by atoms with Gasteiger partial charge in [0.15, 0.2) is 0 Å². The Morgan fingerprint density at radius 2 is 1.59 bits per heavy atom. The largest absolute Gasteiger partial charge is 0.465 e. The van der Waals surface area contributed by atoms with Gasteiger partial charge in [0.25, 0.3) is 0 Å². The number of nitrogens with one attached hydrogen (secondary N) is 1. The Kier molecular flexibility index (Phi) is 6.71. The third-order valence-electron chi connectivity index (χ3n) is 4.14. The Bertz CT molecular complexity index is 811. The van der Waals surface area contributed by atoms with E-state index in [-0.39, 0.29) is 18.4 Å². The minimum Gasteiger partial charge on any atom is -0.465 e. The number of anilines is 2. The highest BCUT2D eigenvalue weighted by atomic mass is 16.5. The Morgan fingerprint density at radius 1 is 1.00 bits per heavy atom. The van der Waals surface area contributed by atoms with Crippen molar-refractivity contribution in [1.29, 1.82) is 0 Å². The van der Waals surface area contributed by atoms with Gasteiger partial charge in [0, 0.05) is 18.3 Å². The molecule has 142 valence electrons. The summed E-state index contributed by atoms with van der Waals surface area (Å²) in [5.41, 5.74) is 2.76. The van der Waals surface area contributed by atoms with Gasteiger partial charge in [-0.05, 0) is 47.9 Å². The molecule has 0 atom stereocenters. The van der Waals surface area contributed by atoms with Gasteiger partial charge in [-0.15, -0.1) is 0 Å². The maximum Gasteiger partial charge on any atom is 0.337 e. The second-order valence-corrected chi connectivity index (χ2v) is 6.47. The third kappa shape index (κ3) is 5.41. The van der Waals surface area contributed by atoms with E-state index in [9.17, 15) is 14.4 Å². The average molecular weight is 368 g/mol. The first-order chi connectivity index (χ1) is 12.8. The maximum atomic E-state index is 12.4. The van der Waals surface area contributed by atoms with Crippen LogP contribution in [0.5, 0.6) is 0 Å². The number of methoxy groups -OCH3 is 1. The SMILES string of the molecule is COC(=O)c1ccc(N(CC(=O)Nc2ccc(C(C)C)cc2)C(C)=O)cc1. The van der Waals surface area contributed by atoms with Crippen molar-refractivity contribution in [2.24, 2.45) is 0 Å². The molecule has 0 fully saturated rings. The van der Waals surface area contributed by atoms with E-state index in [0.29, 0.717) is 22.9 Å². The fraction of sp³-hybridized carbons (Fsp3) is 0.286. The summed E-state index contributed by atoms with van der Waals surface area (Å²) in [6, 6.07) is 14.0. The number of amides is 2. The van der Waals surface area contributed by atoms with Crippen molar-refractivity contribution in [3.8, 4) is 0 Å². The van der Waals surface area contributed by atoms with Gasteiger partial charge in [0.1, 0.15) is 6.54 Å². The van der Waals surface area contributed by atoms with Gasteiger partial charge >= 0.3 is 5.97 Å². The molecule has 2 aromatic carbocycles. The van der Waals surface area contributed by atoms with E-state index in [2.05, 4.69) is 23.9 Å². The fourth-order valence-corrected chi connectivity index (χ4v) is 2.58. The molecule has 0 saturated carbocycles. The molecule has 0 spiro atoms. The summed E-state index contributed by atoms with van der Waals surface area (Å²) in [6.45, 7) is 5.46. The normalized spacial score (nSPS) is 10.4. The predicted octanol–water partition coefficient (Wildman–Crippen LogP) is 3.59. The lowest BCUT2D eigenvalue weighted by Crippen LogP contribution is -2.36. The van der Waals surface area contributed by atoms with Crippen LogP contribution in [-0.2, 0) is 14.3 Å². The van der Waals surface area contributed by atoms with Crippen LogP contribution in [0, 0.1) is 0 Å². The molecule has 6 nitrogen and oxygen atoms in total. The van der Waals surface area contributed by atoms with Crippen LogP contribution in [0.1, 0.15) is 42.6 Å². The quantitative estimate of drug-likeness (QED) is 0.791. The van der Waals surface area contributed by atoms with Crippen molar-refractivity contribution in [3.63, 3.8) is 0 Å². The topological polar surface area (TPSA) is 75.7 Å². The molecule has 0 saturated heterocycles. The molecule has 0 bridgehead atoms. The molecule has 1 N–H and O–H groups in total. The highest BCUT2D eigenvalue weighted by Crippen LogP contribution is 2.18. The number of carbonyl (C=O) groups excluding carboxylic acids is 3. The fourth-order valence-electron chi connectivity index (χ4n) is 2.58. The molecule has 0 heterocycles. The number of ether oxygens (including phenoxy) is 1. The van der Waals surface area contributed by atoms with E-state index in [0.717, 1.165) is 0 Å². The van der Waals surface area contributed by atoms with Crippen molar-refractivity contribution in [2.75, 3.05) is 23.9 Å². The van der Waals surface area contributed by atoms with Gasteiger partial charge in [0.2, 0.25) is 11.8 Å². The van der Waals surface area contributed by atoms with E-state index in [1.807, 2.05) is 24.3 Å². The Labute approximate surface area is 159 Å². The van der Waals surface area contributed by atoms with Crippen molar-refractivity contribution in [3.05, 3.63) is 59.7 Å². The number of esters is 1. The van der Waals surface area contributed by atoms with Gasteiger partial charge < -0.3 is 15.0 Å². The van der Waals surface area contributed by atoms with E-state index in [1.165, 1.54) is 24.5 Å². The molecule has 0 aliphatic heterocycles. The molecule has 0 aliphatic carbocycles. The number of benzene rings is 2. The number of rotatable bonds is 6. The lowest BCUT2D eigenvalue weighted by Gasteiger charge is -2.21. The number of nitrogens with zero attached hydrogens (tertiary/aromatic N) is 1. The summed E-state index contributed by atoms with van der Waals surface area (Å²) in [7, 11) is 1.30. The summed E-state index contributed by atoms with van der Waals surface area (Å²) in [5.74, 6) is -0.625. The smallest absolute Gasteiger partial charge is 0.337 e. The first kappa shape index (κ1) is 20.2. The maximum absolute atomic E-state index is 12.4. The van der Waals surface area contributed by atoms with Crippen LogP contribution in [0.4, 0.5) is 11.4 Å². The van der Waals surface area contributed by atoms with Crippen LogP contribution in [0.15, 0.2) is 48.5 Å². The zero-order valence-electron chi connectivity index (χ0n) is 16.0. The predicted molar refractivity (Wildman–Crippen MR) is 105 cm³/mol. The summed E-state index contributed by atoms with van der Waals surface area (Å²) in [4.78, 5) is 37.2. The summed E-state index contributed by atoms with van der Waals surface area (Å²) in [5, 5.41) is 2.79. The molecule has 2 amide bonds. The van der Waals surface area contributed by atoms with Crippen LogP contribution in [0.2, 0.25) is 0 Å². The van der Waals surface area contributed by atoms with Crippen LogP contribution in [0.25, 0.3) is 0 Å². The molecule has 27 heavy (non-hydrogen) atoms. The van der Waals surface area contributed by atoms with Crippen LogP contribution < -0.4 is 10.2 Å². The molecule has 0 unspecified atom stereocenters. The average Bonchev–Trinajstić information content (AvgIpc) is 2.66. The van der Waals surface area contributed by atoms with Crippen molar-refractivity contribution in [2.45, 2.75) is 26.7 Å². The number of hydrogen-bond donors (Lipinski definition) is 1. The van der Waals surface area contributed by atoms with Gasteiger partial charge in [-0.25, -0.2) is 4.79 Å². The standard InChI is InChI=1S/C21H24N2O4/c1-14(2)16-5-9-18(10-6-16)22-20(25)13-23(15(3)24)19-11-7-17(8-12-19)21(26)27-4/h5-12,14H,13H2,1-4H3,(H,22,25). The minimum atomic E-state index is -0.460. The van der Waals surface area contributed by atoms with Gasteiger partial charge in [-0.1, -0.05) is 26.0 Å². The van der Waals surface area contributed by atoms with Gasteiger partial charge in [0.05, 0.1) is 12.7 Å². The molecular weight excluding hydrogens is 344 g/mol. The van der Waals surface area contributed by atoms with E-state index < -0.39 is 5.97 Å². The third-order valence-corrected chi connectivity index (χ3v) is 4.14. The van der Waals surface area contributed by atoms with Crippen molar-refractivity contribution < 1.29 is 19.1 Å². The van der Waals surface area contributed by atoms with Crippen molar-refractivity contribution in [1.82, 2.24) is 0 Å². The molecule has 0 aromatic heterocycles. The Morgan fingerprint density at radius 3 is 2.07 bits per heavy atom. The lowest BCUT2D eigenvalue weighted by molar-refractivity contribution is -0.120.